The number of rotatable bonds is 17. The SMILES string of the molecule is C/C(=C\c1cc(F)c(Oc2ccc(S(=O)(=O)NCCOCCOCCOCCN)cc2)c(F)c1)C(=O)O. The number of sulfonamides is 1. The Bertz CT molecular complexity index is 1130. The molecule has 0 atom stereocenters. The van der Waals surface area contributed by atoms with Crippen molar-refractivity contribution in [3.05, 3.63) is 59.2 Å². The van der Waals surface area contributed by atoms with Crippen LogP contribution >= 0.6 is 0 Å². The number of ether oxygens (including phenoxy) is 4. The fraction of sp³-hybridized carbons (Fsp3) is 0.375. The minimum absolute atomic E-state index is 0.00137. The van der Waals surface area contributed by atoms with Crippen molar-refractivity contribution in [1.82, 2.24) is 4.72 Å². The first-order chi connectivity index (χ1) is 17.6. The van der Waals surface area contributed by atoms with E-state index in [4.69, 9.17) is 29.8 Å². The average Bonchev–Trinajstić information content (AvgIpc) is 2.85. The number of hydrogen-bond acceptors (Lipinski definition) is 8. The number of aliphatic carboxylic acids is 1. The van der Waals surface area contributed by atoms with Crippen molar-refractivity contribution in [2.45, 2.75) is 11.8 Å². The maximum atomic E-state index is 14.4. The third kappa shape index (κ3) is 10.5. The summed E-state index contributed by atoms with van der Waals surface area (Å²) in [6.45, 7) is 3.82. The van der Waals surface area contributed by atoms with Crippen molar-refractivity contribution < 1.29 is 46.0 Å². The van der Waals surface area contributed by atoms with E-state index < -0.39 is 33.4 Å². The molecule has 0 saturated heterocycles. The van der Waals surface area contributed by atoms with Crippen LogP contribution in [0.5, 0.6) is 11.5 Å². The van der Waals surface area contributed by atoms with Gasteiger partial charge in [-0.2, -0.15) is 0 Å². The molecule has 0 saturated carbocycles. The molecule has 0 unspecified atom stereocenters. The van der Waals surface area contributed by atoms with Gasteiger partial charge in [0.2, 0.25) is 10.0 Å². The van der Waals surface area contributed by atoms with Crippen LogP contribution in [0.15, 0.2) is 46.9 Å². The average molecular weight is 545 g/mol. The summed E-state index contributed by atoms with van der Waals surface area (Å²) in [7, 11) is -3.85. The van der Waals surface area contributed by atoms with Gasteiger partial charge in [-0.1, -0.05) is 0 Å². The van der Waals surface area contributed by atoms with Crippen molar-refractivity contribution in [1.29, 1.82) is 0 Å². The lowest BCUT2D eigenvalue weighted by Crippen LogP contribution is -2.27. The predicted octanol–water partition coefficient (Wildman–Crippen LogP) is 2.53. The first-order valence-corrected chi connectivity index (χ1v) is 12.7. The van der Waals surface area contributed by atoms with Crippen molar-refractivity contribution >= 4 is 22.1 Å². The molecule has 0 radical (unpaired) electrons. The third-order valence-electron chi connectivity index (χ3n) is 4.64. The molecule has 4 N–H and O–H groups in total. The van der Waals surface area contributed by atoms with Crippen LogP contribution in [0.2, 0.25) is 0 Å². The molecule has 0 heterocycles. The molecule has 2 aromatic rings. The molecular weight excluding hydrogens is 514 g/mol. The van der Waals surface area contributed by atoms with Crippen molar-refractivity contribution in [3.8, 4) is 11.5 Å². The minimum atomic E-state index is -3.85. The highest BCUT2D eigenvalue weighted by atomic mass is 32.2. The number of hydrogen-bond donors (Lipinski definition) is 3. The van der Waals surface area contributed by atoms with Gasteiger partial charge in [-0.3, -0.25) is 0 Å². The highest BCUT2D eigenvalue weighted by Gasteiger charge is 2.16. The van der Waals surface area contributed by atoms with Crippen LogP contribution in [0.25, 0.3) is 6.08 Å². The summed E-state index contributed by atoms with van der Waals surface area (Å²) < 4.78 is 77.0. The Labute approximate surface area is 214 Å². The fourth-order valence-corrected chi connectivity index (χ4v) is 3.85. The topological polar surface area (TPSA) is 146 Å². The van der Waals surface area contributed by atoms with Crippen LogP contribution < -0.4 is 15.2 Å². The van der Waals surface area contributed by atoms with Gasteiger partial charge in [-0.25, -0.2) is 26.7 Å². The van der Waals surface area contributed by atoms with Crippen LogP contribution in [0.3, 0.4) is 0 Å². The minimum Gasteiger partial charge on any atom is -0.478 e. The number of halogens is 2. The van der Waals surface area contributed by atoms with Crippen LogP contribution in [-0.4, -0.2) is 72.2 Å². The smallest absolute Gasteiger partial charge is 0.331 e. The van der Waals surface area contributed by atoms with E-state index in [1.807, 2.05) is 0 Å². The largest absolute Gasteiger partial charge is 0.478 e. The van der Waals surface area contributed by atoms with E-state index in [9.17, 15) is 22.0 Å². The van der Waals surface area contributed by atoms with E-state index in [0.29, 0.717) is 33.0 Å². The highest BCUT2D eigenvalue weighted by molar-refractivity contribution is 7.89. The van der Waals surface area contributed by atoms with Crippen molar-refractivity contribution in [3.63, 3.8) is 0 Å². The molecular formula is C24H30F2N2O8S. The molecule has 0 fully saturated rings. The Hall–Kier alpha value is -2.94. The van der Waals surface area contributed by atoms with Crippen LogP contribution in [0.1, 0.15) is 12.5 Å². The molecule has 2 rings (SSSR count). The van der Waals surface area contributed by atoms with E-state index in [-0.39, 0.29) is 41.5 Å². The molecule has 204 valence electrons. The molecule has 2 aromatic carbocycles. The Morgan fingerprint density at radius 3 is 2.05 bits per heavy atom. The summed E-state index contributed by atoms with van der Waals surface area (Å²) in [6, 6.07) is 6.81. The van der Waals surface area contributed by atoms with E-state index in [2.05, 4.69) is 4.72 Å². The number of carbonyl (C=O) groups is 1. The quantitative estimate of drug-likeness (QED) is 0.202. The van der Waals surface area contributed by atoms with Crippen molar-refractivity contribution in [2.75, 3.05) is 52.7 Å². The van der Waals surface area contributed by atoms with Gasteiger partial charge >= 0.3 is 5.97 Å². The molecule has 37 heavy (non-hydrogen) atoms. The first-order valence-electron chi connectivity index (χ1n) is 11.3. The molecule has 0 bridgehead atoms. The summed E-state index contributed by atoms with van der Waals surface area (Å²) in [4.78, 5) is 10.8. The second-order valence-corrected chi connectivity index (χ2v) is 9.31. The van der Waals surface area contributed by atoms with Gasteiger partial charge in [0.1, 0.15) is 5.75 Å². The molecule has 0 aliphatic rings. The maximum absolute atomic E-state index is 14.4. The Kier molecular flexibility index (Phi) is 12.6. The number of carboxylic acid groups (broad SMARTS) is 1. The first kappa shape index (κ1) is 30.3. The standard InChI is InChI=1S/C24H30F2N2O8S/c1-17(24(29)30)14-18-15-21(25)23(22(26)16-18)36-19-2-4-20(5-3-19)37(31,32)28-7-9-34-11-13-35-12-10-33-8-6-27/h2-5,14-16,28H,6-13,27H2,1H3,(H,29,30)/b17-14+. The Balaban J connectivity index is 1.83. The summed E-state index contributed by atoms with van der Waals surface area (Å²) in [6.07, 6.45) is 1.12. The van der Waals surface area contributed by atoms with Gasteiger partial charge in [0, 0.05) is 18.7 Å². The molecule has 0 spiro atoms. The monoisotopic (exact) mass is 544 g/mol. The molecule has 0 amide bonds. The van der Waals surface area contributed by atoms with Gasteiger partial charge < -0.3 is 29.8 Å². The highest BCUT2D eigenvalue weighted by Crippen LogP contribution is 2.30. The zero-order chi connectivity index (χ0) is 27.3. The van der Waals surface area contributed by atoms with Gasteiger partial charge in [-0.05, 0) is 55.0 Å². The third-order valence-corrected chi connectivity index (χ3v) is 6.12. The van der Waals surface area contributed by atoms with Gasteiger partial charge in [0.15, 0.2) is 17.4 Å². The second kappa shape index (κ2) is 15.3. The molecule has 13 heteroatoms. The molecule has 10 nitrogen and oxygen atoms in total. The lowest BCUT2D eigenvalue weighted by Gasteiger charge is -2.11. The predicted molar refractivity (Wildman–Crippen MR) is 131 cm³/mol. The number of benzene rings is 2. The van der Waals surface area contributed by atoms with E-state index in [1.54, 1.807) is 0 Å². The van der Waals surface area contributed by atoms with E-state index in [1.165, 1.54) is 31.2 Å². The summed E-state index contributed by atoms with van der Waals surface area (Å²) in [5.74, 6) is -4.02. The normalized spacial score (nSPS) is 12.1. The summed E-state index contributed by atoms with van der Waals surface area (Å²) in [5.41, 5.74) is 5.21. The summed E-state index contributed by atoms with van der Waals surface area (Å²) >= 11 is 0. The van der Waals surface area contributed by atoms with E-state index in [0.717, 1.165) is 18.2 Å². The number of carboxylic acids is 1. The van der Waals surface area contributed by atoms with Crippen LogP contribution in [-0.2, 0) is 29.0 Å². The Morgan fingerprint density at radius 1 is 0.973 bits per heavy atom. The number of nitrogens with two attached hydrogens (primary N) is 1. The number of nitrogens with one attached hydrogen (secondary N) is 1. The molecule has 0 aliphatic carbocycles. The van der Waals surface area contributed by atoms with Gasteiger partial charge in [0.05, 0.1) is 44.5 Å². The van der Waals surface area contributed by atoms with E-state index >= 15 is 0 Å². The lowest BCUT2D eigenvalue weighted by atomic mass is 10.1. The maximum Gasteiger partial charge on any atom is 0.331 e. The molecule has 0 aliphatic heterocycles. The summed E-state index contributed by atoms with van der Waals surface area (Å²) in [5, 5.41) is 8.89. The second-order valence-electron chi connectivity index (χ2n) is 7.54. The molecule has 0 aromatic heterocycles. The lowest BCUT2D eigenvalue weighted by molar-refractivity contribution is -0.132. The van der Waals surface area contributed by atoms with Crippen LogP contribution in [0, 0.1) is 11.6 Å². The zero-order valence-electron chi connectivity index (χ0n) is 20.2. The van der Waals surface area contributed by atoms with Crippen LogP contribution in [0.4, 0.5) is 8.78 Å². The van der Waals surface area contributed by atoms with Gasteiger partial charge in [-0.15, -0.1) is 0 Å². The zero-order valence-corrected chi connectivity index (χ0v) is 21.1. The van der Waals surface area contributed by atoms with Gasteiger partial charge in [0.25, 0.3) is 0 Å². The Morgan fingerprint density at radius 2 is 1.51 bits per heavy atom. The fourth-order valence-electron chi connectivity index (χ4n) is 2.83. The van der Waals surface area contributed by atoms with Crippen molar-refractivity contribution in [2.24, 2.45) is 5.73 Å².